The summed E-state index contributed by atoms with van der Waals surface area (Å²) >= 11 is 0. The van der Waals surface area contributed by atoms with Crippen molar-refractivity contribution in [2.45, 2.75) is 24.7 Å². The van der Waals surface area contributed by atoms with Crippen molar-refractivity contribution in [2.75, 3.05) is 80.9 Å². The minimum Gasteiger partial charge on any atom is -0.394 e. The summed E-state index contributed by atoms with van der Waals surface area (Å²) < 4.78 is 33.5. The van der Waals surface area contributed by atoms with Gasteiger partial charge in [0, 0.05) is 6.61 Å². The Hall–Kier alpha value is -1.11. The molecule has 184 valence electrons. The van der Waals surface area contributed by atoms with Crippen molar-refractivity contribution in [1.82, 2.24) is 9.80 Å². The minimum absolute atomic E-state index is 0.125. The highest BCUT2D eigenvalue weighted by Gasteiger charge is 2.14. The number of ether oxygens (including phenoxy) is 1. The standard InChI is InChI=1S/C12H19NO3S.C7H17NO2.C2H6O2/c1-11-5-7-12(8-6-11)17(14,15)16-10-4-9-13(2)3;1-8(2)4-3-6-10-7-5-9;3-1-2-4/h5-8H,4,9-10H2,1-3H3;9H,3-7H2,1-2H3;3-4H,1-2H2. The van der Waals surface area contributed by atoms with Crippen LogP contribution in [-0.2, 0) is 19.0 Å². The second-order valence-electron chi connectivity index (χ2n) is 7.19. The second-order valence-corrected chi connectivity index (χ2v) is 8.80. The van der Waals surface area contributed by atoms with E-state index in [0.29, 0.717) is 13.0 Å². The molecule has 31 heavy (non-hydrogen) atoms. The monoisotopic (exact) mass is 466 g/mol. The molecule has 0 heterocycles. The van der Waals surface area contributed by atoms with Gasteiger partial charge in [0.2, 0.25) is 0 Å². The van der Waals surface area contributed by atoms with Crippen LogP contribution in [0.25, 0.3) is 0 Å². The van der Waals surface area contributed by atoms with E-state index >= 15 is 0 Å². The van der Waals surface area contributed by atoms with Crippen LogP contribution in [0.4, 0.5) is 0 Å². The number of benzene rings is 1. The third-order valence-electron chi connectivity index (χ3n) is 3.53. The molecule has 0 unspecified atom stereocenters. The van der Waals surface area contributed by atoms with E-state index in [1.54, 1.807) is 24.3 Å². The number of aliphatic hydroxyl groups excluding tert-OH is 3. The summed E-state index contributed by atoms with van der Waals surface area (Å²) in [5, 5.41) is 23.6. The predicted molar refractivity (Wildman–Crippen MR) is 123 cm³/mol. The molecule has 0 amide bonds. The number of hydrogen-bond acceptors (Lipinski definition) is 9. The number of hydrogen-bond donors (Lipinski definition) is 3. The van der Waals surface area contributed by atoms with Crippen molar-refractivity contribution in [3.05, 3.63) is 29.8 Å². The van der Waals surface area contributed by atoms with Gasteiger partial charge < -0.3 is 29.9 Å². The van der Waals surface area contributed by atoms with Gasteiger partial charge in [0.25, 0.3) is 10.1 Å². The van der Waals surface area contributed by atoms with Crippen molar-refractivity contribution in [2.24, 2.45) is 0 Å². The summed E-state index contributed by atoms with van der Waals surface area (Å²) in [5.74, 6) is 0. The zero-order chi connectivity index (χ0) is 24.1. The van der Waals surface area contributed by atoms with Crippen molar-refractivity contribution in [3.8, 4) is 0 Å². The Balaban J connectivity index is 0. The van der Waals surface area contributed by atoms with Crippen LogP contribution in [0, 0.1) is 6.92 Å². The van der Waals surface area contributed by atoms with E-state index in [4.69, 9.17) is 24.2 Å². The summed E-state index contributed by atoms with van der Waals surface area (Å²) in [6.07, 6.45) is 1.73. The maximum atomic E-state index is 11.8. The Labute approximate surface area is 188 Å². The van der Waals surface area contributed by atoms with Gasteiger partial charge in [-0.1, -0.05) is 17.7 Å². The zero-order valence-electron chi connectivity index (χ0n) is 19.7. The normalized spacial score (nSPS) is 11.0. The average molecular weight is 467 g/mol. The van der Waals surface area contributed by atoms with E-state index in [9.17, 15) is 8.42 Å². The van der Waals surface area contributed by atoms with Gasteiger partial charge in [0.05, 0.1) is 37.9 Å². The molecule has 1 rings (SSSR count). The second kappa shape index (κ2) is 20.8. The highest BCUT2D eigenvalue weighted by Crippen LogP contribution is 2.13. The molecule has 1 aromatic rings. The van der Waals surface area contributed by atoms with Gasteiger partial charge in [-0.2, -0.15) is 8.42 Å². The zero-order valence-corrected chi connectivity index (χ0v) is 20.5. The quantitative estimate of drug-likeness (QED) is 0.283. The lowest BCUT2D eigenvalue weighted by Crippen LogP contribution is -2.16. The summed E-state index contributed by atoms with van der Waals surface area (Å²) in [7, 11) is 4.35. The molecule has 0 bridgehead atoms. The molecular weight excluding hydrogens is 424 g/mol. The molecule has 0 atom stereocenters. The van der Waals surface area contributed by atoms with Crippen LogP contribution in [0.2, 0.25) is 0 Å². The fourth-order valence-corrected chi connectivity index (χ4v) is 2.91. The number of rotatable bonds is 13. The molecule has 9 nitrogen and oxygen atoms in total. The summed E-state index contributed by atoms with van der Waals surface area (Å²) in [5.41, 5.74) is 1.02. The molecule has 0 aliphatic rings. The first-order valence-electron chi connectivity index (χ1n) is 10.3. The molecule has 0 aromatic heterocycles. The average Bonchev–Trinajstić information content (AvgIpc) is 2.72. The lowest BCUT2D eigenvalue weighted by atomic mass is 10.2. The van der Waals surface area contributed by atoms with Crippen LogP contribution >= 0.6 is 0 Å². The Bertz CT molecular complexity index is 607. The van der Waals surface area contributed by atoms with Gasteiger partial charge in [-0.05, 0) is 73.2 Å². The van der Waals surface area contributed by atoms with E-state index in [1.807, 2.05) is 40.0 Å². The van der Waals surface area contributed by atoms with Crippen molar-refractivity contribution in [3.63, 3.8) is 0 Å². The van der Waals surface area contributed by atoms with Crippen LogP contribution in [0.3, 0.4) is 0 Å². The van der Waals surface area contributed by atoms with Crippen molar-refractivity contribution < 1.29 is 32.7 Å². The Morgan fingerprint density at radius 3 is 1.68 bits per heavy atom. The predicted octanol–water partition coefficient (Wildman–Crippen LogP) is 0.570. The van der Waals surface area contributed by atoms with Gasteiger partial charge in [-0.15, -0.1) is 0 Å². The molecule has 0 saturated carbocycles. The van der Waals surface area contributed by atoms with E-state index < -0.39 is 10.1 Å². The Kier molecular flexibility index (Phi) is 21.5. The maximum Gasteiger partial charge on any atom is 0.296 e. The third-order valence-corrected chi connectivity index (χ3v) is 4.85. The van der Waals surface area contributed by atoms with Gasteiger partial charge >= 0.3 is 0 Å². The summed E-state index contributed by atoms with van der Waals surface area (Å²) in [6, 6.07) is 6.65. The first kappa shape index (κ1) is 32.1. The topological polar surface area (TPSA) is 120 Å². The van der Waals surface area contributed by atoms with E-state index in [-0.39, 0.29) is 31.3 Å². The molecule has 3 N–H and O–H groups in total. The molecule has 0 saturated heterocycles. The number of aryl methyl sites for hydroxylation is 1. The lowest BCUT2D eigenvalue weighted by Gasteiger charge is -2.09. The van der Waals surface area contributed by atoms with Crippen LogP contribution in [-0.4, -0.2) is 114 Å². The Morgan fingerprint density at radius 1 is 0.774 bits per heavy atom. The number of nitrogens with zero attached hydrogens (tertiary/aromatic N) is 2. The molecule has 0 spiro atoms. The SMILES string of the molecule is CN(C)CCCOCCO.Cc1ccc(S(=O)(=O)OCCCN(C)C)cc1.OCCO. The van der Waals surface area contributed by atoms with Gasteiger partial charge in [0.15, 0.2) is 0 Å². The minimum atomic E-state index is -3.59. The van der Waals surface area contributed by atoms with E-state index in [2.05, 4.69) is 4.90 Å². The van der Waals surface area contributed by atoms with Crippen molar-refractivity contribution in [1.29, 1.82) is 0 Å². The third kappa shape index (κ3) is 21.9. The van der Waals surface area contributed by atoms with Crippen molar-refractivity contribution >= 4 is 10.1 Å². The summed E-state index contributed by atoms with van der Waals surface area (Å²) in [6.45, 7) is 5.08. The van der Waals surface area contributed by atoms with Crippen LogP contribution in [0.15, 0.2) is 29.2 Å². The van der Waals surface area contributed by atoms with E-state index in [1.165, 1.54) is 0 Å². The van der Waals surface area contributed by atoms with E-state index in [0.717, 1.165) is 31.7 Å². The fourth-order valence-electron chi connectivity index (χ4n) is 1.97. The maximum absolute atomic E-state index is 11.8. The largest absolute Gasteiger partial charge is 0.394 e. The van der Waals surface area contributed by atoms with Crippen LogP contribution in [0.5, 0.6) is 0 Å². The molecule has 0 radical (unpaired) electrons. The molecule has 1 aromatic carbocycles. The highest BCUT2D eigenvalue weighted by atomic mass is 32.2. The molecule has 0 aliphatic heterocycles. The lowest BCUT2D eigenvalue weighted by molar-refractivity contribution is 0.0873. The van der Waals surface area contributed by atoms with Gasteiger partial charge in [0.1, 0.15) is 0 Å². The Morgan fingerprint density at radius 2 is 1.26 bits per heavy atom. The first-order valence-corrected chi connectivity index (χ1v) is 11.7. The highest BCUT2D eigenvalue weighted by molar-refractivity contribution is 7.86. The molecule has 0 fully saturated rings. The van der Waals surface area contributed by atoms with Gasteiger partial charge in [-0.3, -0.25) is 4.18 Å². The van der Waals surface area contributed by atoms with Crippen LogP contribution in [0.1, 0.15) is 18.4 Å². The first-order chi connectivity index (χ1) is 14.6. The molecular formula is C21H42N2O7S. The summed E-state index contributed by atoms with van der Waals surface area (Å²) in [4.78, 5) is 4.32. The van der Waals surface area contributed by atoms with Gasteiger partial charge in [-0.25, -0.2) is 0 Å². The molecule has 10 heteroatoms. The molecule has 0 aliphatic carbocycles. The van der Waals surface area contributed by atoms with Crippen LogP contribution < -0.4 is 0 Å². The smallest absolute Gasteiger partial charge is 0.296 e. The number of aliphatic hydroxyl groups is 3. The fraction of sp³-hybridized carbons (Fsp3) is 0.714.